The first kappa shape index (κ1) is 26.9. The maximum Gasteiger partial charge on any atom is 0.408 e. The number of hydrogen-bond donors (Lipinski definition) is 1. The van der Waals surface area contributed by atoms with Crippen molar-refractivity contribution in [2.24, 2.45) is 4.99 Å². The van der Waals surface area contributed by atoms with Gasteiger partial charge in [0.05, 0.1) is 25.2 Å². The molecule has 1 heterocycles. The van der Waals surface area contributed by atoms with Crippen molar-refractivity contribution in [2.75, 3.05) is 13.2 Å². The Hall–Kier alpha value is -3.19. The summed E-state index contributed by atoms with van der Waals surface area (Å²) in [4.78, 5) is 18.0. The van der Waals surface area contributed by atoms with Gasteiger partial charge in [-0.2, -0.15) is 0 Å². The molecule has 1 aromatic heterocycles. The molecule has 1 N–H and O–H groups in total. The van der Waals surface area contributed by atoms with Crippen molar-refractivity contribution in [3.05, 3.63) is 83.8 Å². The maximum absolute atomic E-state index is 14.3. The van der Waals surface area contributed by atoms with Crippen LogP contribution in [0.15, 0.2) is 76.3 Å². The Morgan fingerprint density at radius 2 is 1.46 bits per heavy atom. The lowest BCUT2D eigenvalue weighted by Crippen LogP contribution is -2.40. The number of alkyl carbamates (subject to hydrolysis) is 1. The molecule has 3 aromatic rings. The molecule has 9 heteroatoms. The summed E-state index contributed by atoms with van der Waals surface area (Å²) in [6.07, 6.45) is 0.779. The molecule has 1 aliphatic rings. The second-order valence-corrected chi connectivity index (χ2v) is 11.6. The van der Waals surface area contributed by atoms with E-state index in [2.05, 4.69) is 5.32 Å². The van der Waals surface area contributed by atoms with Crippen LogP contribution in [0.5, 0.6) is 0 Å². The molecule has 196 valence electrons. The minimum atomic E-state index is -3.93. The van der Waals surface area contributed by atoms with Crippen LogP contribution < -0.4 is 5.32 Å². The van der Waals surface area contributed by atoms with E-state index < -0.39 is 31.1 Å². The van der Waals surface area contributed by atoms with Crippen LogP contribution >= 0.6 is 7.60 Å². The molecule has 0 radical (unpaired) electrons. The monoisotopic (exact) mass is 524 g/mol. The zero-order chi connectivity index (χ0) is 26.6. The van der Waals surface area contributed by atoms with Gasteiger partial charge in [0, 0.05) is 11.1 Å². The summed E-state index contributed by atoms with van der Waals surface area (Å²) in [5.41, 5.74) is 3.72. The fraction of sp³-hybridized carbons (Fsp3) is 0.357. The molecule has 2 aromatic carbocycles. The highest BCUT2D eigenvalue weighted by atomic mass is 31.2. The Bertz CT molecular complexity index is 1250. The number of fused-ring (bicyclic) bond motifs is 3. The molecule has 1 amide bonds. The fourth-order valence-corrected chi connectivity index (χ4v) is 6.28. The summed E-state index contributed by atoms with van der Waals surface area (Å²) in [6, 6.07) is 18.2. The van der Waals surface area contributed by atoms with Gasteiger partial charge in [-0.3, -0.25) is 9.56 Å². The number of nitrogens with zero attached hydrogens (tertiary/aromatic N) is 1. The Morgan fingerprint density at radius 3 is 1.92 bits per heavy atom. The SMILES string of the molecule is CCOP(=O)(OCC)[C@@H](N=C1c2ccccc2-c2ccccc21)[C@H](NC(=O)OC(C)(C)C)c1ccco1. The van der Waals surface area contributed by atoms with Gasteiger partial charge in [-0.15, -0.1) is 0 Å². The Labute approximate surface area is 217 Å². The molecule has 8 nitrogen and oxygen atoms in total. The molecule has 0 spiro atoms. The van der Waals surface area contributed by atoms with Crippen LogP contribution in [-0.4, -0.2) is 36.4 Å². The van der Waals surface area contributed by atoms with E-state index >= 15 is 0 Å². The van der Waals surface area contributed by atoms with Gasteiger partial charge in [-0.05, 0) is 57.9 Å². The number of benzene rings is 2. The summed E-state index contributed by atoms with van der Waals surface area (Å²) < 4.78 is 37.1. The third-order valence-corrected chi connectivity index (χ3v) is 7.98. The lowest BCUT2D eigenvalue weighted by Gasteiger charge is -2.30. The van der Waals surface area contributed by atoms with Crippen LogP contribution in [-0.2, 0) is 18.3 Å². The zero-order valence-corrected chi connectivity index (χ0v) is 22.7. The lowest BCUT2D eigenvalue weighted by molar-refractivity contribution is 0.0493. The highest BCUT2D eigenvalue weighted by Gasteiger charge is 2.45. The molecule has 2 atom stereocenters. The van der Waals surface area contributed by atoms with Crippen molar-refractivity contribution in [3.8, 4) is 11.1 Å². The minimum absolute atomic E-state index is 0.128. The second kappa shape index (κ2) is 11.1. The molecular formula is C28H33N2O6P. The van der Waals surface area contributed by atoms with Crippen LogP contribution in [0, 0.1) is 0 Å². The van der Waals surface area contributed by atoms with Gasteiger partial charge < -0.3 is 23.5 Å². The van der Waals surface area contributed by atoms with E-state index in [1.54, 1.807) is 46.8 Å². The normalized spacial score (nSPS) is 14.5. The predicted octanol–water partition coefficient (Wildman–Crippen LogP) is 6.96. The van der Waals surface area contributed by atoms with Crippen LogP contribution in [0.4, 0.5) is 4.79 Å². The average molecular weight is 525 g/mol. The van der Waals surface area contributed by atoms with Gasteiger partial charge in [0.25, 0.3) is 0 Å². The Kier molecular flexibility index (Phi) is 8.02. The summed E-state index contributed by atoms with van der Waals surface area (Å²) in [6.45, 7) is 9.03. The van der Waals surface area contributed by atoms with Gasteiger partial charge in [-0.25, -0.2) is 4.79 Å². The summed E-state index contributed by atoms with van der Waals surface area (Å²) in [5, 5.41) is 2.83. The maximum atomic E-state index is 14.3. The van der Waals surface area contributed by atoms with Crippen molar-refractivity contribution in [1.29, 1.82) is 0 Å². The number of furan rings is 1. The standard InChI is InChI=1S/C28H33N2O6P/c1-6-34-37(32,35-7-2)26(25(23-17-12-18-33-23)30-27(31)36-28(3,4)5)29-24-21-15-10-8-13-19(21)20-14-9-11-16-22(20)24/h8-18,25-26H,6-7H2,1-5H3,(H,30,31)/t25-,26-/m1/s1. The number of hydrogen-bond acceptors (Lipinski definition) is 7. The summed E-state index contributed by atoms with van der Waals surface area (Å²) in [5.74, 6) is -0.820. The number of aliphatic imine (C=N–C) groups is 1. The van der Waals surface area contributed by atoms with Crippen molar-refractivity contribution in [2.45, 2.75) is 52.0 Å². The number of ether oxygens (including phenoxy) is 1. The van der Waals surface area contributed by atoms with Gasteiger partial charge in [-0.1, -0.05) is 48.5 Å². The number of rotatable bonds is 9. The minimum Gasteiger partial charge on any atom is -0.467 e. The predicted molar refractivity (Wildman–Crippen MR) is 143 cm³/mol. The third-order valence-electron chi connectivity index (χ3n) is 5.68. The van der Waals surface area contributed by atoms with E-state index in [0.29, 0.717) is 11.5 Å². The zero-order valence-electron chi connectivity index (χ0n) is 21.8. The molecule has 1 aliphatic carbocycles. The molecule has 37 heavy (non-hydrogen) atoms. The molecule has 0 saturated heterocycles. The van der Waals surface area contributed by atoms with E-state index in [0.717, 1.165) is 22.3 Å². The van der Waals surface area contributed by atoms with E-state index in [1.807, 2.05) is 48.5 Å². The van der Waals surface area contributed by atoms with Crippen molar-refractivity contribution >= 4 is 19.4 Å². The quantitative estimate of drug-likeness (QED) is 0.238. The van der Waals surface area contributed by atoms with Crippen LogP contribution in [0.2, 0.25) is 0 Å². The Morgan fingerprint density at radius 1 is 0.919 bits per heavy atom. The Balaban J connectivity index is 1.91. The second-order valence-electron chi connectivity index (χ2n) is 9.50. The molecule has 0 aliphatic heterocycles. The van der Waals surface area contributed by atoms with Crippen molar-refractivity contribution in [1.82, 2.24) is 5.32 Å². The topological polar surface area (TPSA) is 99.4 Å². The number of carbonyl (C=O) groups is 1. The molecule has 0 unspecified atom stereocenters. The first-order valence-corrected chi connectivity index (χ1v) is 14.0. The number of nitrogens with one attached hydrogen (secondary N) is 1. The molecular weight excluding hydrogens is 491 g/mol. The van der Waals surface area contributed by atoms with Gasteiger partial charge in [0.1, 0.15) is 17.4 Å². The van der Waals surface area contributed by atoms with E-state index in [1.165, 1.54) is 6.26 Å². The van der Waals surface area contributed by atoms with Crippen molar-refractivity contribution in [3.63, 3.8) is 0 Å². The molecule has 4 rings (SSSR count). The highest BCUT2D eigenvalue weighted by Crippen LogP contribution is 2.58. The van der Waals surface area contributed by atoms with Gasteiger partial charge in [0.15, 0.2) is 5.78 Å². The third kappa shape index (κ3) is 5.87. The first-order chi connectivity index (χ1) is 17.7. The summed E-state index contributed by atoms with van der Waals surface area (Å²) >= 11 is 0. The molecule has 0 fully saturated rings. The van der Waals surface area contributed by atoms with E-state index in [9.17, 15) is 9.36 Å². The average Bonchev–Trinajstić information content (AvgIpc) is 3.48. The highest BCUT2D eigenvalue weighted by molar-refractivity contribution is 7.54. The van der Waals surface area contributed by atoms with Crippen molar-refractivity contribution < 1.29 is 27.6 Å². The number of amides is 1. The van der Waals surface area contributed by atoms with Crippen LogP contribution in [0.25, 0.3) is 11.1 Å². The molecule has 0 bridgehead atoms. The van der Waals surface area contributed by atoms with Crippen LogP contribution in [0.1, 0.15) is 57.5 Å². The number of carbonyl (C=O) groups excluding carboxylic acids is 1. The fourth-order valence-electron chi connectivity index (χ4n) is 4.34. The summed E-state index contributed by atoms with van der Waals surface area (Å²) in [7, 11) is -3.93. The van der Waals surface area contributed by atoms with E-state index in [4.69, 9.17) is 23.2 Å². The van der Waals surface area contributed by atoms with E-state index in [-0.39, 0.29) is 13.2 Å². The smallest absolute Gasteiger partial charge is 0.408 e. The first-order valence-electron chi connectivity index (χ1n) is 12.4. The largest absolute Gasteiger partial charge is 0.467 e. The molecule has 0 saturated carbocycles. The van der Waals surface area contributed by atoms with Gasteiger partial charge in [0.2, 0.25) is 0 Å². The van der Waals surface area contributed by atoms with Crippen LogP contribution in [0.3, 0.4) is 0 Å². The lowest BCUT2D eigenvalue weighted by atomic mass is 10.1. The van der Waals surface area contributed by atoms with Gasteiger partial charge >= 0.3 is 13.7 Å².